The van der Waals surface area contributed by atoms with E-state index in [1.165, 1.54) is 0 Å². The van der Waals surface area contributed by atoms with E-state index in [4.69, 9.17) is 10.3 Å². The van der Waals surface area contributed by atoms with Crippen molar-refractivity contribution >= 4 is 30.4 Å². The fraction of sp³-hybridized carbons (Fsp3) is 0.714. The van der Waals surface area contributed by atoms with E-state index < -0.39 is 27.1 Å². The van der Waals surface area contributed by atoms with Gasteiger partial charge < -0.3 is 0 Å². The molecule has 0 saturated carbocycles. The van der Waals surface area contributed by atoms with Gasteiger partial charge in [0.05, 0.1) is 0 Å². The molecular weight excluding hydrogens is 351 g/mol. The molecule has 0 rings (SSSR count). The molecule has 12 heavy (non-hydrogen) atoms. The first-order valence-electron chi connectivity index (χ1n) is 3.83. The van der Waals surface area contributed by atoms with Crippen LogP contribution in [0, 0.1) is 0 Å². The van der Waals surface area contributed by atoms with Crippen molar-refractivity contribution < 1.29 is 14.3 Å². The Hall–Kier alpha value is -0.228. The van der Waals surface area contributed by atoms with Crippen LogP contribution >= 0.6 is 0 Å². The molecular formula is C7H14N2O2Pb. The topological polar surface area (TPSA) is 62.7 Å². The first kappa shape index (κ1) is 11.8. The van der Waals surface area contributed by atoms with Crippen LogP contribution in [0.25, 0.3) is 5.53 Å². The average Bonchev–Trinajstić information content (AvgIpc) is 1.85. The molecule has 0 fully saturated rings. The second kappa shape index (κ2) is 4.71. The van der Waals surface area contributed by atoms with E-state index in [2.05, 4.69) is 4.79 Å². The van der Waals surface area contributed by atoms with Gasteiger partial charge in [0.1, 0.15) is 0 Å². The standard InChI is InChI=1S/C4H5N2O2.3CH3.Pb/c1-2-8-4(7)3-6-5;;;;/h2H2,1H3;3*1H3;. The van der Waals surface area contributed by atoms with Crippen LogP contribution in [0.4, 0.5) is 0 Å². The normalized spacial score (nSPS) is 10.3. The summed E-state index contributed by atoms with van der Waals surface area (Å²) in [4.78, 5) is 14.2. The zero-order valence-electron chi connectivity index (χ0n) is 7.92. The molecule has 4 nitrogen and oxygen atoms in total. The molecule has 0 unspecified atom stereocenters. The summed E-state index contributed by atoms with van der Waals surface area (Å²) < 4.78 is 11.0. The fourth-order valence-corrected chi connectivity index (χ4v) is 4.52. The van der Waals surface area contributed by atoms with Gasteiger partial charge in [0.2, 0.25) is 0 Å². The monoisotopic (exact) mass is 366 g/mol. The second-order valence-corrected chi connectivity index (χ2v) is 22.8. The Morgan fingerprint density at radius 1 is 1.50 bits per heavy atom. The summed E-state index contributed by atoms with van der Waals surface area (Å²) in [5.41, 5.74) is 8.60. The third-order valence-electron chi connectivity index (χ3n) is 1.28. The Balaban J connectivity index is 4.61. The Kier molecular flexibility index (Phi) is 4.62. The Bertz CT molecular complexity index is 226. The molecule has 0 N–H and O–H groups in total. The van der Waals surface area contributed by atoms with Gasteiger partial charge in [-0.05, 0) is 0 Å². The van der Waals surface area contributed by atoms with Crippen LogP contribution in [0.3, 0.4) is 0 Å². The van der Waals surface area contributed by atoms with Gasteiger partial charge in [-0.3, -0.25) is 0 Å². The molecule has 0 amide bonds. The van der Waals surface area contributed by atoms with Gasteiger partial charge in [-0.15, -0.1) is 0 Å². The van der Waals surface area contributed by atoms with Crippen LogP contribution in [-0.2, 0) is 9.53 Å². The summed E-state index contributed by atoms with van der Waals surface area (Å²) in [6.45, 7) is 2.05. The summed E-state index contributed by atoms with van der Waals surface area (Å²) >= 11 is -2.69. The number of carbonyl (C=O) groups is 1. The van der Waals surface area contributed by atoms with Crippen molar-refractivity contribution in [2.24, 2.45) is 0 Å². The number of esters is 1. The molecule has 0 aliphatic carbocycles. The summed E-state index contributed by atoms with van der Waals surface area (Å²) in [7, 11) is 0. The summed E-state index contributed by atoms with van der Waals surface area (Å²) in [5, 5.41) is 0. The van der Waals surface area contributed by atoms with Gasteiger partial charge in [0, 0.05) is 0 Å². The van der Waals surface area contributed by atoms with E-state index in [1.807, 2.05) is 13.4 Å². The number of nitrogens with zero attached hydrogens (tertiary/aromatic N) is 2. The maximum absolute atomic E-state index is 11.2. The molecule has 5 heteroatoms. The van der Waals surface area contributed by atoms with Gasteiger partial charge in [0.25, 0.3) is 0 Å². The molecule has 0 radical (unpaired) electrons. The van der Waals surface area contributed by atoms with Gasteiger partial charge in [-0.1, -0.05) is 0 Å². The molecule has 0 aromatic rings. The summed E-state index contributed by atoms with van der Waals surface area (Å²) in [6, 6.07) is 0. The van der Waals surface area contributed by atoms with Crippen LogP contribution in [0.1, 0.15) is 6.92 Å². The van der Waals surface area contributed by atoms with Crippen molar-refractivity contribution in [1.82, 2.24) is 0 Å². The van der Waals surface area contributed by atoms with Crippen molar-refractivity contribution in [2.75, 3.05) is 6.61 Å². The fourth-order valence-electron chi connectivity index (χ4n) is 0.696. The predicted molar refractivity (Wildman–Crippen MR) is 48.6 cm³/mol. The molecule has 0 aromatic heterocycles. The molecule has 0 spiro atoms. The summed E-state index contributed by atoms with van der Waals surface area (Å²) in [5.74, 6) is -0.464. The third kappa shape index (κ3) is 3.45. The predicted octanol–water partition coefficient (Wildman–Crippen LogP) is 1.10. The number of ether oxygens (including phenoxy) is 1. The van der Waals surface area contributed by atoms with E-state index in [0.29, 0.717) is 6.61 Å². The molecule has 0 aromatic carbocycles. The molecule has 0 aliphatic rings. The van der Waals surface area contributed by atoms with Gasteiger partial charge in [0.15, 0.2) is 0 Å². The third-order valence-corrected chi connectivity index (χ3v) is 7.98. The zero-order chi connectivity index (χ0) is 9.78. The van der Waals surface area contributed by atoms with E-state index in [0.717, 1.165) is 0 Å². The van der Waals surface area contributed by atoms with Crippen molar-refractivity contribution in [3.05, 3.63) is 5.53 Å². The van der Waals surface area contributed by atoms with Crippen molar-refractivity contribution in [3.63, 3.8) is 0 Å². The zero-order valence-corrected chi connectivity index (χ0v) is 11.8. The van der Waals surface area contributed by atoms with Crippen molar-refractivity contribution in [1.29, 1.82) is 0 Å². The second-order valence-electron chi connectivity index (χ2n) is 3.42. The first-order valence-corrected chi connectivity index (χ1v) is 17.4. The quantitative estimate of drug-likeness (QED) is 0.247. The number of rotatable bonds is 3. The Morgan fingerprint density at radius 3 is 2.25 bits per heavy atom. The van der Waals surface area contributed by atoms with E-state index in [1.54, 1.807) is 6.92 Å². The van der Waals surface area contributed by atoms with Crippen molar-refractivity contribution in [2.45, 2.75) is 20.4 Å². The number of hydrogen-bond acceptors (Lipinski definition) is 2. The van der Waals surface area contributed by atoms with Gasteiger partial charge >= 0.3 is 77.2 Å². The number of hydrogen-bond donors (Lipinski definition) is 0. The van der Waals surface area contributed by atoms with Crippen LogP contribution in [0.5, 0.6) is 0 Å². The number of carbonyl (C=O) groups excluding carboxylic acids is 1. The van der Waals surface area contributed by atoms with Crippen LogP contribution in [0.15, 0.2) is 0 Å². The van der Waals surface area contributed by atoms with E-state index in [-0.39, 0.29) is 3.27 Å². The van der Waals surface area contributed by atoms with E-state index >= 15 is 0 Å². The Morgan fingerprint density at radius 2 is 2.00 bits per heavy atom. The van der Waals surface area contributed by atoms with Crippen LogP contribution in [-0.4, -0.2) is 41.8 Å². The van der Waals surface area contributed by atoms with E-state index in [9.17, 15) is 4.79 Å². The molecule has 0 bridgehead atoms. The van der Waals surface area contributed by atoms with Gasteiger partial charge in [-0.25, -0.2) is 0 Å². The van der Waals surface area contributed by atoms with Gasteiger partial charge in [-0.2, -0.15) is 0 Å². The molecule has 0 heterocycles. The van der Waals surface area contributed by atoms with Crippen LogP contribution < -0.4 is 0 Å². The van der Waals surface area contributed by atoms with Crippen molar-refractivity contribution in [3.8, 4) is 0 Å². The van der Waals surface area contributed by atoms with Crippen LogP contribution in [0.2, 0.25) is 13.4 Å². The minimum atomic E-state index is -2.69. The Labute approximate surface area is 77.2 Å². The molecule has 0 saturated heterocycles. The SMILES string of the molecule is CCOC(=O)[C](=[N+]=[N-])[Pb]([CH3])([CH3])[CH3]. The molecule has 0 atom stereocenters. The maximum atomic E-state index is 11.2. The summed E-state index contributed by atoms with van der Waals surface area (Å²) in [6.07, 6.45) is 0. The molecule has 68 valence electrons. The minimum absolute atomic E-state index is 0.268. The molecule has 0 aliphatic heterocycles. The average molecular weight is 365 g/mol. The first-order chi connectivity index (χ1) is 5.43.